The zero-order chi connectivity index (χ0) is 13.0. The van der Waals surface area contributed by atoms with Gasteiger partial charge in [0.1, 0.15) is 18.2 Å². The van der Waals surface area contributed by atoms with Crippen LogP contribution in [0.2, 0.25) is 0 Å². The van der Waals surface area contributed by atoms with Crippen LogP contribution in [-0.4, -0.2) is 16.5 Å². The molecule has 0 fully saturated rings. The molecule has 18 heavy (non-hydrogen) atoms. The molecule has 96 valence electrons. The molecule has 1 heterocycles. The van der Waals surface area contributed by atoms with Gasteiger partial charge in [0.25, 0.3) is 0 Å². The summed E-state index contributed by atoms with van der Waals surface area (Å²) in [6.07, 6.45) is 2.35. The van der Waals surface area contributed by atoms with E-state index in [1.807, 2.05) is 0 Å². The van der Waals surface area contributed by atoms with E-state index in [1.165, 1.54) is 6.07 Å². The van der Waals surface area contributed by atoms with Crippen molar-refractivity contribution in [3.8, 4) is 5.75 Å². The van der Waals surface area contributed by atoms with Gasteiger partial charge in [0.05, 0.1) is 0 Å². The topological polar surface area (TPSA) is 63.9 Å². The average molecular weight is 253 g/mol. The highest BCUT2D eigenvalue weighted by molar-refractivity contribution is 5.24. The fourth-order valence-corrected chi connectivity index (χ4v) is 1.50. The third kappa shape index (κ3) is 3.04. The van der Waals surface area contributed by atoms with Crippen LogP contribution in [0, 0.1) is 11.6 Å². The Bertz CT molecular complexity index is 528. The summed E-state index contributed by atoms with van der Waals surface area (Å²) in [5.41, 5.74) is 6.30. The van der Waals surface area contributed by atoms with Gasteiger partial charge in [0.2, 0.25) is 0 Å². The van der Waals surface area contributed by atoms with Crippen LogP contribution >= 0.6 is 0 Å². The van der Waals surface area contributed by atoms with Crippen LogP contribution in [-0.2, 0) is 13.0 Å². The Morgan fingerprint density at radius 3 is 2.89 bits per heavy atom. The van der Waals surface area contributed by atoms with Crippen molar-refractivity contribution in [3.63, 3.8) is 0 Å². The molecule has 0 aliphatic carbocycles. The SMILES string of the molecule is NCCc1cnc(COc2ccc(F)cc2F)[nH]1. The Morgan fingerprint density at radius 2 is 2.17 bits per heavy atom. The van der Waals surface area contributed by atoms with Crippen molar-refractivity contribution in [1.82, 2.24) is 9.97 Å². The van der Waals surface area contributed by atoms with Crippen LogP contribution in [0.3, 0.4) is 0 Å². The van der Waals surface area contributed by atoms with Crippen LogP contribution in [0.1, 0.15) is 11.5 Å². The Morgan fingerprint density at radius 1 is 1.33 bits per heavy atom. The number of nitrogens with two attached hydrogens (primary N) is 1. The molecule has 6 heteroatoms. The van der Waals surface area contributed by atoms with E-state index < -0.39 is 11.6 Å². The molecule has 2 aromatic rings. The summed E-state index contributed by atoms with van der Waals surface area (Å²) in [6, 6.07) is 3.16. The Hall–Kier alpha value is -1.95. The lowest BCUT2D eigenvalue weighted by molar-refractivity contribution is 0.281. The fraction of sp³-hybridized carbons (Fsp3) is 0.250. The van der Waals surface area contributed by atoms with Gasteiger partial charge in [0, 0.05) is 24.4 Å². The number of aromatic nitrogens is 2. The lowest BCUT2D eigenvalue weighted by Gasteiger charge is -2.05. The number of H-pyrrole nitrogens is 1. The summed E-state index contributed by atoms with van der Waals surface area (Å²) in [7, 11) is 0. The van der Waals surface area contributed by atoms with Crippen LogP contribution in [0.4, 0.5) is 8.78 Å². The smallest absolute Gasteiger partial charge is 0.167 e. The molecule has 0 bridgehead atoms. The van der Waals surface area contributed by atoms with Crippen molar-refractivity contribution in [2.24, 2.45) is 5.73 Å². The third-order valence-electron chi connectivity index (χ3n) is 2.35. The van der Waals surface area contributed by atoms with Crippen molar-refractivity contribution in [2.45, 2.75) is 13.0 Å². The quantitative estimate of drug-likeness (QED) is 0.853. The molecule has 0 unspecified atom stereocenters. The van der Waals surface area contributed by atoms with E-state index in [2.05, 4.69) is 9.97 Å². The van der Waals surface area contributed by atoms with E-state index >= 15 is 0 Å². The molecule has 0 amide bonds. The molecule has 1 aromatic heterocycles. The standard InChI is InChI=1S/C12H13F2N3O/c13-8-1-2-11(10(14)5-8)18-7-12-16-6-9(17-12)3-4-15/h1-2,5-6H,3-4,7,15H2,(H,16,17). The molecule has 0 atom stereocenters. The highest BCUT2D eigenvalue weighted by Gasteiger charge is 2.06. The van der Waals surface area contributed by atoms with Crippen LogP contribution in [0.25, 0.3) is 0 Å². The monoisotopic (exact) mass is 253 g/mol. The second kappa shape index (κ2) is 5.59. The normalized spacial score (nSPS) is 10.6. The number of hydrogen-bond acceptors (Lipinski definition) is 3. The molecule has 0 aliphatic rings. The highest BCUT2D eigenvalue weighted by atomic mass is 19.1. The number of ether oxygens (including phenoxy) is 1. The number of rotatable bonds is 5. The highest BCUT2D eigenvalue weighted by Crippen LogP contribution is 2.18. The molecule has 0 radical (unpaired) electrons. The summed E-state index contributed by atoms with van der Waals surface area (Å²) in [5, 5.41) is 0. The van der Waals surface area contributed by atoms with Gasteiger partial charge in [-0.2, -0.15) is 0 Å². The van der Waals surface area contributed by atoms with Crippen molar-refractivity contribution in [2.75, 3.05) is 6.54 Å². The second-order valence-electron chi connectivity index (χ2n) is 3.76. The van der Waals surface area contributed by atoms with Gasteiger partial charge < -0.3 is 15.5 Å². The number of hydrogen-bond donors (Lipinski definition) is 2. The van der Waals surface area contributed by atoms with Gasteiger partial charge in [-0.3, -0.25) is 0 Å². The molecule has 0 spiro atoms. The zero-order valence-corrected chi connectivity index (χ0v) is 9.62. The molecule has 0 saturated heterocycles. The zero-order valence-electron chi connectivity index (χ0n) is 9.62. The minimum absolute atomic E-state index is 0.00632. The van der Waals surface area contributed by atoms with Gasteiger partial charge in [-0.25, -0.2) is 13.8 Å². The van der Waals surface area contributed by atoms with Crippen molar-refractivity contribution >= 4 is 0 Å². The predicted molar refractivity (Wildman–Crippen MR) is 62.0 cm³/mol. The first-order chi connectivity index (χ1) is 8.69. The van der Waals surface area contributed by atoms with E-state index in [0.717, 1.165) is 17.8 Å². The van der Waals surface area contributed by atoms with E-state index in [0.29, 0.717) is 18.8 Å². The molecule has 4 nitrogen and oxygen atoms in total. The van der Waals surface area contributed by atoms with Gasteiger partial charge >= 0.3 is 0 Å². The fourth-order valence-electron chi connectivity index (χ4n) is 1.50. The minimum atomic E-state index is -0.733. The van der Waals surface area contributed by atoms with Gasteiger partial charge in [-0.05, 0) is 18.7 Å². The number of nitrogens with one attached hydrogen (secondary N) is 1. The first-order valence-corrected chi connectivity index (χ1v) is 5.49. The first-order valence-electron chi connectivity index (χ1n) is 5.49. The Kier molecular flexibility index (Phi) is 3.88. The molecule has 2 rings (SSSR count). The van der Waals surface area contributed by atoms with Crippen LogP contribution in [0.15, 0.2) is 24.4 Å². The average Bonchev–Trinajstić information content (AvgIpc) is 2.76. The lowest BCUT2D eigenvalue weighted by Crippen LogP contribution is -2.03. The molecule has 0 saturated carbocycles. The molecular formula is C12H13F2N3O. The molecule has 3 N–H and O–H groups in total. The maximum atomic E-state index is 13.3. The third-order valence-corrected chi connectivity index (χ3v) is 2.35. The van der Waals surface area contributed by atoms with E-state index in [9.17, 15) is 8.78 Å². The molecule has 0 aliphatic heterocycles. The lowest BCUT2D eigenvalue weighted by atomic mass is 10.3. The van der Waals surface area contributed by atoms with Crippen molar-refractivity contribution in [1.29, 1.82) is 0 Å². The maximum absolute atomic E-state index is 13.3. The van der Waals surface area contributed by atoms with Crippen molar-refractivity contribution < 1.29 is 13.5 Å². The number of aromatic amines is 1. The number of benzene rings is 1. The van der Waals surface area contributed by atoms with E-state index in [4.69, 9.17) is 10.5 Å². The minimum Gasteiger partial charge on any atom is -0.483 e. The second-order valence-corrected chi connectivity index (χ2v) is 3.76. The van der Waals surface area contributed by atoms with E-state index in [-0.39, 0.29) is 12.4 Å². The molecular weight excluding hydrogens is 240 g/mol. The van der Waals surface area contributed by atoms with Gasteiger partial charge in [-0.1, -0.05) is 0 Å². The van der Waals surface area contributed by atoms with E-state index in [1.54, 1.807) is 6.20 Å². The first kappa shape index (κ1) is 12.5. The van der Waals surface area contributed by atoms with Crippen LogP contribution in [0.5, 0.6) is 5.75 Å². The summed E-state index contributed by atoms with van der Waals surface area (Å²) < 4.78 is 31.1. The Labute approximate surface area is 103 Å². The van der Waals surface area contributed by atoms with Gasteiger partial charge in [0.15, 0.2) is 11.6 Å². The van der Waals surface area contributed by atoms with Crippen molar-refractivity contribution in [3.05, 3.63) is 47.5 Å². The van der Waals surface area contributed by atoms with Crippen LogP contribution < -0.4 is 10.5 Å². The summed E-state index contributed by atoms with van der Waals surface area (Å²) in [6.45, 7) is 0.613. The number of halogens is 2. The summed E-state index contributed by atoms with van der Waals surface area (Å²) in [4.78, 5) is 7.07. The number of imidazole rings is 1. The summed E-state index contributed by atoms with van der Waals surface area (Å²) >= 11 is 0. The Balaban J connectivity index is 1.97. The van der Waals surface area contributed by atoms with Gasteiger partial charge in [-0.15, -0.1) is 0 Å². The number of nitrogens with zero attached hydrogens (tertiary/aromatic N) is 1. The largest absolute Gasteiger partial charge is 0.483 e. The molecule has 1 aromatic carbocycles. The predicted octanol–water partition coefficient (Wildman–Crippen LogP) is 1.77. The summed E-state index contributed by atoms with van der Waals surface area (Å²) in [5.74, 6) is -0.804. The maximum Gasteiger partial charge on any atom is 0.167 e.